The van der Waals surface area contributed by atoms with Gasteiger partial charge in [0.25, 0.3) is 0 Å². The Bertz CT molecular complexity index is 1350. The zero-order valence-corrected chi connectivity index (χ0v) is 24.1. The number of halogens is 1. The lowest BCUT2D eigenvalue weighted by molar-refractivity contribution is 0.198. The summed E-state index contributed by atoms with van der Waals surface area (Å²) in [4.78, 5) is 2.28. The Hall–Kier alpha value is -3.31. The molecule has 0 bridgehead atoms. The number of nitrogens with zero attached hydrogens (tertiary/aromatic N) is 1. The van der Waals surface area contributed by atoms with Crippen LogP contribution in [0.3, 0.4) is 0 Å². The molecule has 2 aliphatic rings. The summed E-state index contributed by atoms with van der Waals surface area (Å²) in [5, 5.41) is 10.6. The van der Waals surface area contributed by atoms with E-state index in [0.29, 0.717) is 19.4 Å². The van der Waals surface area contributed by atoms with E-state index in [0.717, 1.165) is 79.1 Å². The molecule has 1 saturated heterocycles. The Morgan fingerprint density at radius 2 is 1.85 bits per heavy atom. The number of benzene rings is 3. The van der Waals surface area contributed by atoms with Gasteiger partial charge >= 0.3 is 0 Å². The van der Waals surface area contributed by atoms with E-state index < -0.39 is 0 Å². The zero-order valence-electron chi connectivity index (χ0n) is 24.1. The highest BCUT2D eigenvalue weighted by Crippen LogP contribution is 2.45. The molecule has 0 aliphatic carbocycles. The molecule has 1 atom stereocenters. The van der Waals surface area contributed by atoms with Gasteiger partial charge in [0, 0.05) is 37.2 Å². The van der Waals surface area contributed by atoms with Gasteiger partial charge in [-0.3, -0.25) is 9.29 Å². The van der Waals surface area contributed by atoms with Crippen molar-refractivity contribution in [2.75, 3.05) is 32.9 Å². The van der Waals surface area contributed by atoms with Crippen LogP contribution in [0.4, 0.5) is 4.39 Å². The molecule has 40 heavy (non-hydrogen) atoms. The Morgan fingerprint density at radius 3 is 2.60 bits per heavy atom. The van der Waals surface area contributed by atoms with Gasteiger partial charge in [-0.2, -0.15) is 0 Å². The Labute approximate surface area is 238 Å². The molecule has 0 saturated carbocycles. The number of phenols is 1. The van der Waals surface area contributed by atoms with Crippen LogP contribution in [0.2, 0.25) is 0 Å². The number of aromatic hydroxyl groups is 1. The largest absolute Gasteiger partial charge is 0.508 e. The summed E-state index contributed by atoms with van der Waals surface area (Å²) in [5.74, 6) is 1.92. The number of phenolic OH excluding ortho intramolecular Hbond substituents is 1. The van der Waals surface area contributed by atoms with E-state index in [4.69, 9.17) is 9.47 Å². The van der Waals surface area contributed by atoms with Crippen LogP contribution in [0.15, 0.2) is 54.6 Å². The summed E-state index contributed by atoms with van der Waals surface area (Å²) in [6.07, 6.45) is 5.32. The highest BCUT2D eigenvalue weighted by Gasteiger charge is 2.26. The van der Waals surface area contributed by atoms with Gasteiger partial charge < -0.3 is 14.6 Å². The second-order valence-electron chi connectivity index (χ2n) is 11.0. The molecular formula is C35H42FNO3. The molecule has 1 N–H and O–H groups in total. The molecule has 0 aromatic heterocycles. The SMILES string of the molecule is CCCc1cc(C2=C(c3ccc(OC4CCN(CCCF)C4)cc3)c3ccc(O)c(CC)c3OCC2)ccc1C. The van der Waals surface area contributed by atoms with Gasteiger partial charge in [0.05, 0.1) is 13.3 Å². The lowest BCUT2D eigenvalue weighted by Crippen LogP contribution is -2.26. The molecule has 3 aromatic rings. The molecule has 1 fully saturated rings. The number of hydrogen-bond donors (Lipinski definition) is 1. The van der Waals surface area contributed by atoms with Crippen LogP contribution in [0.1, 0.15) is 72.9 Å². The average Bonchev–Trinajstić information content (AvgIpc) is 3.32. The van der Waals surface area contributed by atoms with E-state index in [-0.39, 0.29) is 18.5 Å². The summed E-state index contributed by atoms with van der Waals surface area (Å²) in [5.41, 5.74) is 9.33. The minimum atomic E-state index is -0.267. The van der Waals surface area contributed by atoms with Crippen LogP contribution in [-0.2, 0) is 12.8 Å². The van der Waals surface area contributed by atoms with Crippen molar-refractivity contribution in [1.29, 1.82) is 0 Å². The van der Waals surface area contributed by atoms with Crippen molar-refractivity contribution in [2.24, 2.45) is 0 Å². The highest BCUT2D eigenvalue weighted by molar-refractivity contribution is 6.01. The highest BCUT2D eigenvalue weighted by atomic mass is 19.1. The number of aryl methyl sites for hydroxylation is 2. The second kappa shape index (κ2) is 12.9. The molecule has 4 nitrogen and oxygen atoms in total. The van der Waals surface area contributed by atoms with Crippen molar-refractivity contribution in [3.63, 3.8) is 0 Å². The van der Waals surface area contributed by atoms with E-state index in [1.807, 2.05) is 6.07 Å². The van der Waals surface area contributed by atoms with Crippen LogP contribution < -0.4 is 9.47 Å². The lowest BCUT2D eigenvalue weighted by Gasteiger charge is -2.19. The quantitative estimate of drug-likeness (QED) is 0.284. The predicted octanol–water partition coefficient (Wildman–Crippen LogP) is 7.77. The molecular weight excluding hydrogens is 501 g/mol. The van der Waals surface area contributed by atoms with Gasteiger partial charge in [-0.25, -0.2) is 0 Å². The molecule has 5 heteroatoms. The van der Waals surface area contributed by atoms with E-state index in [9.17, 15) is 9.50 Å². The summed E-state index contributed by atoms with van der Waals surface area (Å²) in [6.45, 7) is 9.36. The third kappa shape index (κ3) is 6.05. The van der Waals surface area contributed by atoms with Gasteiger partial charge in [0.1, 0.15) is 23.4 Å². The molecule has 2 aliphatic heterocycles. The molecule has 0 amide bonds. The first-order valence-corrected chi connectivity index (χ1v) is 14.9. The minimum absolute atomic E-state index is 0.131. The molecule has 2 heterocycles. The zero-order chi connectivity index (χ0) is 28.1. The first kappa shape index (κ1) is 28.2. The molecule has 3 aromatic carbocycles. The number of alkyl halides is 1. The third-order valence-corrected chi connectivity index (χ3v) is 8.26. The van der Waals surface area contributed by atoms with Crippen LogP contribution in [0.25, 0.3) is 11.1 Å². The number of ether oxygens (including phenoxy) is 2. The Balaban J connectivity index is 1.54. The second-order valence-corrected chi connectivity index (χ2v) is 11.0. The van der Waals surface area contributed by atoms with Crippen molar-refractivity contribution in [3.8, 4) is 17.2 Å². The summed E-state index contributed by atoms with van der Waals surface area (Å²) < 4.78 is 25.3. The van der Waals surface area contributed by atoms with Crippen molar-refractivity contribution >= 4 is 11.1 Å². The lowest BCUT2D eigenvalue weighted by atomic mass is 9.86. The van der Waals surface area contributed by atoms with E-state index in [1.165, 1.54) is 22.3 Å². The fourth-order valence-electron chi connectivity index (χ4n) is 6.15. The van der Waals surface area contributed by atoms with Crippen molar-refractivity contribution in [1.82, 2.24) is 4.90 Å². The van der Waals surface area contributed by atoms with Gasteiger partial charge in [-0.1, -0.05) is 50.6 Å². The van der Waals surface area contributed by atoms with Gasteiger partial charge in [-0.15, -0.1) is 0 Å². The third-order valence-electron chi connectivity index (χ3n) is 8.26. The normalized spacial score (nSPS) is 17.4. The fourth-order valence-corrected chi connectivity index (χ4v) is 6.15. The number of likely N-dealkylation sites (tertiary alicyclic amines) is 1. The molecule has 1 unspecified atom stereocenters. The smallest absolute Gasteiger partial charge is 0.134 e. The van der Waals surface area contributed by atoms with Gasteiger partial charge in [0.15, 0.2) is 0 Å². The average molecular weight is 544 g/mol. The van der Waals surface area contributed by atoms with Crippen molar-refractivity contribution < 1.29 is 19.0 Å². The van der Waals surface area contributed by atoms with E-state index in [2.05, 4.69) is 68.1 Å². The maximum Gasteiger partial charge on any atom is 0.134 e. The first-order valence-electron chi connectivity index (χ1n) is 14.9. The van der Waals surface area contributed by atoms with Crippen molar-refractivity contribution in [3.05, 3.63) is 88.0 Å². The maximum absolute atomic E-state index is 12.6. The van der Waals surface area contributed by atoms with Crippen LogP contribution in [-0.4, -0.2) is 49.0 Å². The molecule has 5 rings (SSSR count). The maximum atomic E-state index is 12.6. The summed E-state index contributed by atoms with van der Waals surface area (Å²) >= 11 is 0. The first-order chi connectivity index (χ1) is 19.5. The topological polar surface area (TPSA) is 41.9 Å². The minimum Gasteiger partial charge on any atom is -0.508 e. The van der Waals surface area contributed by atoms with Gasteiger partial charge in [0.2, 0.25) is 0 Å². The van der Waals surface area contributed by atoms with Gasteiger partial charge in [-0.05, 0) is 90.3 Å². The monoisotopic (exact) mass is 543 g/mol. The molecule has 212 valence electrons. The predicted molar refractivity (Wildman–Crippen MR) is 161 cm³/mol. The van der Waals surface area contributed by atoms with E-state index in [1.54, 1.807) is 6.07 Å². The summed E-state index contributed by atoms with van der Waals surface area (Å²) in [6, 6.07) is 19.1. The number of fused-ring (bicyclic) bond motifs is 1. The Kier molecular flexibility index (Phi) is 9.11. The van der Waals surface area contributed by atoms with Crippen LogP contribution in [0, 0.1) is 6.92 Å². The number of hydrogen-bond acceptors (Lipinski definition) is 4. The Morgan fingerprint density at radius 1 is 1.05 bits per heavy atom. The fraction of sp³-hybridized carbons (Fsp3) is 0.429. The van der Waals surface area contributed by atoms with E-state index >= 15 is 0 Å². The van der Waals surface area contributed by atoms with Crippen molar-refractivity contribution in [2.45, 2.75) is 65.4 Å². The standard InChI is InChI=1S/C35H42FNO3/c1-4-7-26-22-27(9-8-24(26)3)31-17-21-39-35-30(5-2)33(38)15-14-32(35)34(31)25-10-12-28(13-11-25)40-29-16-20-37(23-29)19-6-18-36/h8-15,22,29,38H,4-7,16-21,23H2,1-3H3. The van der Waals surface area contributed by atoms with Crippen LogP contribution >= 0.6 is 0 Å². The molecule has 0 radical (unpaired) electrons. The number of rotatable bonds is 10. The summed E-state index contributed by atoms with van der Waals surface area (Å²) in [7, 11) is 0. The molecule has 0 spiro atoms. The van der Waals surface area contributed by atoms with Crippen LogP contribution in [0.5, 0.6) is 17.2 Å².